The Labute approximate surface area is 168 Å². The van der Waals surface area contributed by atoms with Crippen LogP contribution < -0.4 is 0 Å². The lowest BCUT2D eigenvalue weighted by molar-refractivity contribution is 0.302. The fraction of sp³-hybridized carbons (Fsp3) is 0.542. The molecular formula is C24H30FN3. The molecule has 0 bridgehead atoms. The minimum absolute atomic E-state index is 0.123. The van der Waals surface area contributed by atoms with E-state index >= 15 is 0 Å². The molecule has 0 N–H and O–H groups in total. The van der Waals surface area contributed by atoms with Crippen LogP contribution in [-0.4, -0.2) is 9.97 Å². The molecule has 0 aliphatic heterocycles. The molecule has 1 fully saturated rings. The number of nitrogens with zero attached hydrogens (tertiary/aromatic N) is 3. The van der Waals surface area contributed by atoms with E-state index in [1.54, 1.807) is 6.07 Å². The van der Waals surface area contributed by atoms with Crippen molar-refractivity contribution in [1.29, 1.82) is 5.26 Å². The SMILES string of the molecule is CCCCCCC[C@H]1CC[C@H](c2ccc(-c3ncc(C#N)c(F)n3)cc2)CC1. The van der Waals surface area contributed by atoms with Crippen molar-refractivity contribution in [2.45, 2.75) is 77.0 Å². The molecule has 1 aromatic carbocycles. The number of unbranched alkanes of at least 4 members (excludes halogenated alkanes) is 4. The van der Waals surface area contributed by atoms with Gasteiger partial charge in [0.1, 0.15) is 11.6 Å². The lowest BCUT2D eigenvalue weighted by Crippen LogP contribution is -2.13. The van der Waals surface area contributed by atoms with Crippen LogP contribution in [-0.2, 0) is 0 Å². The molecule has 3 rings (SSSR count). The van der Waals surface area contributed by atoms with E-state index in [0.717, 1.165) is 11.5 Å². The van der Waals surface area contributed by atoms with E-state index in [4.69, 9.17) is 5.26 Å². The summed E-state index contributed by atoms with van der Waals surface area (Å²) in [6, 6.07) is 9.95. The van der Waals surface area contributed by atoms with Crippen LogP contribution in [0.5, 0.6) is 0 Å². The first kappa shape index (κ1) is 20.5. The molecule has 0 unspecified atom stereocenters. The normalized spacial score (nSPS) is 19.3. The fourth-order valence-corrected chi connectivity index (χ4v) is 4.30. The molecule has 2 aromatic rings. The summed E-state index contributed by atoms with van der Waals surface area (Å²) in [6.07, 6.45) is 14.7. The van der Waals surface area contributed by atoms with Gasteiger partial charge in [-0.05, 0) is 43.1 Å². The highest BCUT2D eigenvalue weighted by Crippen LogP contribution is 2.38. The highest BCUT2D eigenvalue weighted by atomic mass is 19.1. The molecule has 148 valence electrons. The second-order valence-corrected chi connectivity index (χ2v) is 8.05. The number of hydrogen-bond donors (Lipinski definition) is 0. The Morgan fingerprint density at radius 3 is 2.39 bits per heavy atom. The number of aromatic nitrogens is 2. The van der Waals surface area contributed by atoms with Crippen molar-refractivity contribution in [2.75, 3.05) is 0 Å². The number of benzene rings is 1. The van der Waals surface area contributed by atoms with Crippen molar-refractivity contribution in [2.24, 2.45) is 5.92 Å². The molecule has 1 saturated carbocycles. The van der Waals surface area contributed by atoms with Gasteiger partial charge in [0.15, 0.2) is 5.82 Å². The molecule has 1 heterocycles. The number of nitriles is 1. The van der Waals surface area contributed by atoms with Gasteiger partial charge in [0.05, 0.1) is 6.20 Å². The topological polar surface area (TPSA) is 49.6 Å². The van der Waals surface area contributed by atoms with Gasteiger partial charge in [-0.2, -0.15) is 14.6 Å². The first-order chi connectivity index (χ1) is 13.7. The van der Waals surface area contributed by atoms with Gasteiger partial charge < -0.3 is 0 Å². The predicted molar refractivity (Wildman–Crippen MR) is 110 cm³/mol. The van der Waals surface area contributed by atoms with Crippen LogP contribution in [0.1, 0.15) is 88.2 Å². The molecule has 0 amide bonds. The van der Waals surface area contributed by atoms with E-state index in [1.807, 2.05) is 12.1 Å². The minimum Gasteiger partial charge on any atom is -0.235 e. The van der Waals surface area contributed by atoms with Crippen LogP contribution in [0.15, 0.2) is 30.5 Å². The van der Waals surface area contributed by atoms with Crippen molar-refractivity contribution >= 4 is 0 Å². The second-order valence-electron chi connectivity index (χ2n) is 8.05. The van der Waals surface area contributed by atoms with Crippen molar-refractivity contribution in [3.8, 4) is 17.5 Å². The Bertz CT molecular complexity index is 786. The van der Waals surface area contributed by atoms with Crippen LogP contribution in [0.3, 0.4) is 0 Å². The van der Waals surface area contributed by atoms with Gasteiger partial charge in [0, 0.05) is 5.56 Å². The van der Waals surface area contributed by atoms with Crippen molar-refractivity contribution in [3.63, 3.8) is 0 Å². The summed E-state index contributed by atoms with van der Waals surface area (Å²) in [5.41, 5.74) is 2.02. The molecule has 1 aliphatic carbocycles. The van der Waals surface area contributed by atoms with Crippen molar-refractivity contribution in [1.82, 2.24) is 9.97 Å². The molecule has 1 aliphatic rings. The average Bonchev–Trinajstić information content (AvgIpc) is 2.74. The van der Waals surface area contributed by atoms with E-state index in [1.165, 1.54) is 76.0 Å². The van der Waals surface area contributed by atoms with Crippen molar-refractivity contribution < 1.29 is 4.39 Å². The van der Waals surface area contributed by atoms with Crippen LogP contribution in [0, 0.1) is 23.2 Å². The first-order valence-corrected chi connectivity index (χ1v) is 10.7. The Balaban J connectivity index is 1.51. The second kappa shape index (κ2) is 10.3. The van der Waals surface area contributed by atoms with Crippen LogP contribution in [0.2, 0.25) is 0 Å². The minimum atomic E-state index is -0.760. The Kier molecular flexibility index (Phi) is 7.54. The lowest BCUT2D eigenvalue weighted by atomic mass is 9.77. The molecule has 4 heteroatoms. The average molecular weight is 380 g/mol. The predicted octanol–water partition coefficient (Wildman–Crippen LogP) is 6.79. The molecule has 0 saturated heterocycles. The van der Waals surface area contributed by atoms with Crippen LogP contribution >= 0.6 is 0 Å². The lowest BCUT2D eigenvalue weighted by Gasteiger charge is -2.29. The first-order valence-electron chi connectivity index (χ1n) is 10.7. The van der Waals surface area contributed by atoms with Gasteiger partial charge in [-0.1, -0.05) is 69.7 Å². The van der Waals surface area contributed by atoms with E-state index in [0.29, 0.717) is 11.7 Å². The van der Waals surface area contributed by atoms with Gasteiger partial charge >= 0.3 is 0 Å². The summed E-state index contributed by atoms with van der Waals surface area (Å²) >= 11 is 0. The maximum absolute atomic E-state index is 13.7. The highest BCUT2D eigenvalue weighted by molar-refractivity contribution is 5.55. The van der Waals surface area contributed by atoms with E-state index in [9.17, 15) is 4.39 Å². The summed E-state index contributed by atoms with van der Waals surface area (Å²) in [7, 11) is 0. The summed E-state index contributed by atoms with van der Waals surface area (Å²) in [5, 5.41) is 8.79. The zero-order chi connectivity index (χ0) is 19.8. The molecule has 0 spiro atoms. The largest absolute Gasteiger partial charge is 0.235 e. The molecule has 0 atom stereocenters. The van der Waals surface area contributed by atoms with Crippen LogP contribution in [0.25, 0.3) is 11.4 Å². The molecule has 28 heavy (non-hydrogen) atoms. The molecule has 0 radical (unpaired) electrons. The highest BCUT2D eigenvalue weighted by Gasteiger charge is 2.22. The Morgan fingerprint density at radius 1 is 1.04 bits per heavy atom. The molecule has 1 aromatic heterocycles. The van der Waals surface area contributed by atoms with Crippen LogP contribution in [0.4, 0.5) is 4.39 Å². The monoisotopic (exact) mass is 379 g/mol. The van der Waals surface area contributed by atoms with Crippen molar-refractivity contribution in [3.05, 3.63) is 47.5 Å². The third kappa shape index (κ3) is 5.38. The van der Waals surface area contributed by atoms with Gasteiger partial charge in [-0.3, -0.25) is 0 Å². The van der Waals surface area contributed by atoms with E-state index < -0.39 is 5.95 Å². The molecule has 3 nitrogen and oxygen atoms in total. The third-order valence-corrected chi connectivity index (χ3v) is 6.07. The van der Waals surface area contributed by atoms with Gasteiger partial charge in [-0.25, -0.2) is 4.98 Å². The zero-order valence-corrected chi connectivity index (χ0v) is 16.8. The quantitative estimate of drug-likeness (QED) is 0.375. The van der Waals surface area contributed by atoms with Gasteiger partial charge in [0.25, 0.3) is 0 Å². The maximum Gasteiger partial charge on any atom is 0.234 e. The molecular weight excluding hydrogens is 349 g/mol. The zero-order valence-electron chi connectivity index (χ0n) is 16.8. The van der Waals surface area contributed by atoms with E-state index in [-0.39, 0.29) is 5.56 Å². The van der Waals surface area contributed by atoms with Gasteiger partial charge in [-0.15, -0.1) is 0 Å². The summed E-state index contributed by atoms with van der Waals surface area (Å²) < 4.78 is 13.7. The third-order valence-electron chi connectivity index (χ3n) is 6.07. The summed E-state index contributed by atoms with van der Waals surface area (Å²) in [6.45, 7) is 2.27. The number of halogens is 1. The standard InChI is InChI=1S/C24H30FN3/c1-2-3-4-5-6-7-18-8-10-19(11-9-18)20-12-14-21(15-13-20)24-27-17-22(16-26)23(25)28-24/h12-15,17-19H,2-11H2,1H3/t18-,19-. The smallest absolute Gasteiger partial charge is 0.234 e. The van der Waals surface area contributed by atoms with E-state index in [2.05, 4.69) is 29.0 Å². The fourth-order valence-electron chi connectivity index (χ4n) is 4.30. The summed E-state index contributed by atoms with van der Waals surface area (Å²) in [5.74, 6) is 1.11. The number of rotatable bonds is 8. The Hall–Kier alpha value is -2.28. The van der Waals surface area contributed by atoms with Gasteiger partial charge in [0.2, 0.25) is 5.95 Å². The Morgan fingerprint density at radius 2 is 1.75 bits per heavy atom. The number of hydrogen-bond acceptors (Lipinski definition) is 3. The maximum atomic E-state index is 13.7. The summed E-state index contributed by atoms with van der Waals surface area (Å²) in [4.78, 5) is 7.92.